The summed E-state index contributed by atoms with van der Waals surface area (Å²) < 4.78 is 5.38. The number of carbonyl (C=O) groups excluding carboxylic acids is 3. The maximum absolute atomic E-state index is 12.6. The second-order valence-electron chi connectivity index (χ2n) is 7.18. The first-order chi connectivity index (χ1) is 13.5. The van der Waals surface area contributed by atoms with Gasteiger partial charge in [-0.05, 0) is 35.7 Å². The van der Waals surface area contributed by atoms with Gasteiger partial charge in [0.05, 0.1) is 5.69 Å². The van der Waals surface area contributed by atoms with Gasteiger partial charge in [0, 0.05) is 38.5 Å². The molecule has 0 aliphatic carbocycles. The molecule has 28 heavy (non-hydrogen) atoms. The Bertz CT molecular complexity index is 953. The van der Waals surface area contributed by atoms with Crippen molar-refractivity contribution in [2.24, 2.45) is 0 Å². The molecule has 0 saturated carbocycles. The van der Waals surface area contributed by atoms with Gasteiger partial charge < -0.3 is 14.5 Å². The normalized spacial score (nSPS) is 15.5. The molecule has 0 bridgehead atoms. The molecule has 6 nitrogen and oxygen atoms in total. The molecular weight excluding hydrogens is 356 g/mol. The number of ether oxygens (including phenoxy) is 1. The van der Waals surface area contributed by atoms with Crippen molar-refractivity contribution in [1.29, 1.82) is 0 Å². The molecule has 2 aliphatic heterocycles. The fraction of sp³-hybridized carbons (Fsp3) is 0.318. The van der Waals surface area contributed by atoms with E-state index in [1.54, 1.807) is 25.2 Å². The van der Waals surface area contributed by atoms with E-state index in [0.717, 1.165) is 6.42 Å². The van der Waals surface area contributed by atoms with Crippen molar-refractivity contribution in [3.05, 3.63) is 59.2 Å². The van der Waals surface area contributed by atoms with Gasteiger partial charge in [-0.2, -0.15) is 0 Å². The maximum Gasteiger partial charge on any atom is 0.264 e. The number of fused-ring (bicyclic) bond motifs is 2. The van der Waals surface area contributed by atoms with Gasteiger partial charge in [0.2, 0.25) is 5.91 Å². The Balaban J connectivity index is 1.38. The number of benzene rings is 2. The number of ketones is 1. The van der Waals surface area contributed by atoms with Gasteiger partial charge in [-0.3, -0.25) is 14.4 Å². The summed E-state index contributed by atoms with van der Waals surface area (Å²) in [6.07, 6.45) is 1.18. The van der Waals surface area contributed by atoms with E-state index in [0.29, 0.717) is 30.1 Å². The van der Waals surface area contributed by atoms with Gasteiger partial charge in [-0.15, -0.1) is 0 Å². The molecule has 2 aliphatic rings. The summed E-state index contributed by atoms with van der Waals surface area (Å²) in [5, 5.41) is 0. The lowest BCUT2D eigenvalue weighted by molar-refractivity contribution is -0.132. The van der Waals surface area contributed by atoms with Crippen LogP contribution in [0.1, 0.15) is 34.3 Å². The fourth-order valence-electron chi connectivity index (χ4n) is 3.68. The predicted octanol–water partition coefficient (Wildman–Crippen LogP) is 2.59. The van der Waals surface area contributed by atoms with Gasteiger partial charge in [-0.1, -0.05) is 24.3 Å². The highest BCUT2D eigenvalue weighted by Gasteiger charge is 2.24. The average molecular weight is 378 g/mol. The molecule has 0 aromatic heterocycles. The van der Waals surface area contributed by atoms with Crippen molar-refractivity contribution >= 4 is 23.3 Å². The Labute approximate surface area is 163 Å². The highest BCUT2D eigenvalue weighted by atomic mass is 16.5. The topological polar surface area (TPSA) is 66.9 Å². The standard InChI is InChI=1S/C22H22N2O4/c1-23-18-12-16(6-8-20(18)28-14-22(23)27)19(25)7-9-21(26)24-11-10-15-4-2-3-5-17(15)13-24/h2-6,8,12H,7,9-11,13-14H2,1H3. The first-order valence-corrected chi connectivity index (χ1v) is 9.44. The largest absolute Gasteiger partial charge is 0.482 e. The summed E-state index contributed by atoms with van der Waals surface area (Å²) in [5.74, 6) is 0.316. The second-order valence-corrected chi connectivity index (χ2v) is 7.18. The minimum Gasteiger partial charge on any atom is -0.482 e. The molecule has 144 valence electrons. The summed E-state index contributed by atoms with van der Waals surface area (Å²) in [4.78, 5) is 40.3. The quantitative estimate of drug-likeness (QED) is 0.767. The monoisotopic (exact) mass is 378 g/mol. The third-order valence-corrected chi connectivity index (χ3v) is 5.42. The van der Waals surface area contributed by atoms with E-state index >= 15 is 0 Å². The van der Waals surface area contributed by atoms with Gasteiger partial charge in [0.25, 0.3) is 5.91 Å². The Morgan fingerprint density at radius 3 is 2.68 bits per heavy atom. The van der Waals surface area contributed by atoms with Crippen molar-refractivity contribution in [3.8, 4) is 5.75 Å². The third-order valence-electron chi connectivity index (χ3n) is 5.42. The van der Waals surface area contributed by atoms with Crippen molar-refractivity contribution in [2.75, 3.05) is 25.1 Å². The molecule has 2 amide bonds. The van der Waals surface area contributed by atoms with Crippen LogP contribution in [0, 0.1) is 0 Å². The lowest BCUT2D eigenvalue weighted by atomic mass is 9.99. The van der Waals surface area contributed by atoms with Crippen LogP contribution in [0.25, 0.3) is 0 Å². The zero-order valence-electron chi connectivity index (χ0n) is 15.8. The highest BCUT2D eigenvalue weighted by molar-refractivity contribution is 6.02. The van der Waals surface area contributed by atoms with Crippen LogP contribution in [0.15, 0.2) is 42.5 Å². The number of hydrogen-bond donors (Lipinski definition) is 0. The molecule has 0 radical (unpaired) electrons. The van der Waals surface area contributed by atoms with E-state index in [-0.39, 0.29) is 37.0 Å². The highest BCUT2D eigenvalue weighted by Crippen LogP contribution is 2.32. The first kappa shape index (κ1) is 18.2. The van der Waals surface area contributed by atoms with Crippen LogP contribution >= 0.6 is 0 Å². The zero-order valence-corrected chi connectivity index (χ0v) is 15.8. The lowest BCUT2D eigenvalue weighted by Gasteiger charge is -2.29. The minimum atomic E-state index is -0.155. The number of hydrogen-bond acceptors (Lipinski definition) is 4. The number of nitrogens with zero attached hydrogens (tertiary/aromatic N) is 2. The molecule has 0 spiro atoms. The Hall–Kier alpha value is -3.15. The molecule has 0 N–H and O–H groups in total. The van der Waals surface area contributed by atoms with Crippen LogP contribution in [0.5, 0.6) is 5.75 Å². The minimum absolute atomic E-state index is 0.00329. The van der Waals surface area contributed by atoms with Gasteiger partial charge in [-0.25, -0.2) is 0 Å². The van der Waals surface area contributed by atoms with E-state index in [1.165, 1.54) is 16.0 Å². The van der Waals surface area contributed by atoms with E-state index in [1.807, 2.05) is 23.1 Å². The van der Waals surface area contributed by atoms with E-state index in [4.69, 9.17) is 4.74 Å². The molecule has 0 saturated heterocycles. The average Bonchev–Trinajstić information content (AvgIpc) is 2.74. The van der Waals surface area contributed by atoms with Crippen molar-refractivity contribution in [1.82, 2.24) is 4.90 Å². The molecule has 0 unspecified atom stereocenters. The number of amides is 2. The first-order valence-electron chi connectivity index (χ1n) is 9.44. The number of Topliss-reactive ketones (excluding diaryl/α,β-unsaturated/α-hetero) is 1. The van der Waals surface area contributed by atoms with Crippen LogP contribution in [0.3, 0.4) is 0 Å². The van der Waals surface area contributed by atoms with Crippen molar-refractivity contribution in [3.63, 3.8) is 0 Å². The summed E-state index contributed by atoms with van der Waals surface area (Å²) in [5.41, 5.74) is 3.54. The van der Waals surface area contributed by atoms with Crippen LogP contribution in [-0.4, -0.2) is 42.7 Å². The van der Waals surface area contributed by atoms with Crippen LogP contribution in [0.4, 0.5) is 5.69 Å². The summed E-state index contributed by atoms with van der Waals surface area (Å²) in [6, 6.07) is 13.2. The van der Waals surface area contributed by atoms with E-state index < -0.39 is 0 Å². The lowest BCUT2D eigenvalue weighted by Crippen LogP contribution is -2.36. The van der Waals surface area contributed by atoms with E-state index in [9.17, 15) is 14.4 Å². The predicted molar refractivity (Wildman–Crippen MR) is 104 cm³/mol. The van der Waals surface area contributed by atoms with Crippen LogP contribution < -0.4 is 9.64 Å². The van der Waals surface area contributed by atoms with Crippen molar-refractivity contribution in [2.45, 2.75) is 25.8 Å². The number of anilines is 1. The van der Waals surface area contributed by atoms with Gasteiger partial charge >= 0.3 is 0 Å². The SMILES string of the molecule is CN1C(=O)COc2ccc(C(=O)CCC(=O)N3CCc4ccccc4C3)cc21. The molecule has 2 aromatic carbocycles. The molecule has 2 aromatic rings. The molecule has 0 atom stereocenters. The smallest absolute Gasteiger partial charge is 0.264 e. The summed E-state index contributed by atoms with van der Waals surface area (Å²) in [7, 11) is 1.66. The number of likely N-dealkylation sites (N-methyl/N-ethyl adjacent to an activating group) is 1. The van der Waals surface area contributed by atoms with Gasteiger partial charge in [0.1, 0.15) is 5.75 Å². The molecule has 4 rings (SSSR count). The third kappa shape index (κ3) is 3.50. The molecule has 0 fully saturated rings. The van der Waals surface area contributed by atoms with Crippen molar-refractivity contribution < 1.29 is 19.1 Å². The maximum atomic E-state index is 12.6. The second kappa shape index (κ2) is 7.46. The Kier molecular flexibility index (Phi) is 4.86. The molecule has 2 heterocycles. The number of carbonyl (C=O) groups is 3. The van der Waals surface area contributed by atoms with Gasteiger partial charge in [0.15, 0.2) is 12.4 Å². The fourth-order valence-corrected chi connectivity index (χ4v) is 3.68. The molecular formula is C22H22N2O4. The van der Waals surface area contributed by atoms with Crippen LogP contribution in [0.2, 0.25) is 0 Å². The number of rotatable bonds is 4. The molecule has 6 heteroatoms. The van der Waals surface area contributed by atoms with E-state index in [2.05, 4.69) is 6.07 Å². The Morgan fingerprint density at radius 2 is 1.86 bits per heavy atom. The summed E-state index contributed by atoms with van der Waals surface area (Å²) >= 11 is 0. The summed E-state index contributed by atoms with van der Waals surface area (Å²) in [6.45, 7) is 1.30. The van der Waals surface area contributed by atoms with Crippen LogP contribution in [-0.2, 0) is 22.6 Å². The zero-order chi connectivity index (χ0) is 19.7. The Morgan fingerprint density at radius 1 is 1.07 bits per heavy atom.